The summed E-state index contributed by atoms with van der Waals surface area (Å²) in [6.07, 6.45) is 1.60. The maximum absolute atomic E-state index is 5.87. The molecular weight excluding hydrogens is 362 g/mol. The molecule has 0 radical (unpaired) electrons. The van der Waals surface area contributed by atoms with E-state index in [4.69, 9.17) is 16.3 Å². The van der Waals surface area contributed by atoms with Gasteiger partial charge in [0.05, 0.1) is 0 Å². The zero-order valence-corrected chi connectivity index (χ0v) is 15.2. The summed E-state index contributed by atoms with van der Waals surface area (Å²) in [5.74, 6) is 2.51. The Bertz CT molecular complexity index is 1060. The Morgan fingerprint density at radius 1 is 1.00 bits per heavy atom. The molecule has 0 aliphatic heterocycles. The quantitative estimate of drug-likeness (QED) is 0.457. The van der Waals surface area contributed by atoms with Crippen molar-refractivity contribution < 1.29 is 4.74 Å². The standard InChI is InChI=1S/C20H16ClN5O/c1-13-3-2-4-15(11-13)23-20-24-19(25-26-20)14-5-7-16(8-6-14)27-17-9-10-22-18(21)12-17/h2-12H,1H3,(H2,23,24,25,26). The molecule has 0 aliphatic carbocycles. The lowest BCUT2D eigenvalue weighted by Crippen LogP contribution is -1.92. The predicted octanol–water partition coefficient (Wildman–Crippen LogP) is 5.36. The molecule has 0 spiro atoms. The lowest BCUT2D eigenvalue weighted by Gasteiger charge is -2.06. The molecule has 0 bridgehead atoms. The molecule has 2 aromatic heterocycles. The Hall–Kier alpha value is -3.38. The van der Waals surface area contributed by atoms with Crippen LogP contribution < -0.4 is 10.1 Å². The number of anilines is 2. The second kappa shape index (κ2) is 7.47. The van der Waals surface area contributed by atoms with Gasteiger partial charge < -0.3 is 10.1 Å². The van der Waals surface area contributed by atoms with E-state index >= 15 is 0 Å². The van der Waals surface area contributed by atoms with Crippen LogP contribution in [0.4, 0.5) is 11.6 Å². The zero-order chi connectivity index (χ0) is 18.6. The monoisotopic (exact) mass is 377 g/mol. The Morgan fingerprint density at radius 2 is 1.85 bits per heavy atom. The molecule has 2 heterocycles. The molecule has 27 heavy (non-hydrogen) atoms. The summed E-state index contributed by atoms with van der Waals surface area (Å²) in [5.41, 5.74) is 3.02. The summed E-state index contributed by atoms with van der Waals surface area (Å²) in [4.78, 5) is 8.42. The van der Waals surface area contributed by atoms with Crippen LogP contribution in [-0.2, 0) is 0 Å². The third-order valence-electron chi connectivity index (χ3n) is 3.82. The third kappa shape index (κ3) is 4.24. The van der Waals surface area contributed by atoms with Crippen molar-refractivity contribution in [1.82, 2.24) is 20.2 Å². The molecule has 0 fully saturated rings. The van der Waals surface area contributed by atoms with Crippen LogP contribution in [0.2, 0.25) is 5.15 Å². The van der Waals surface area contributed by atoms with E-state index in [1.807, 2.05) is 55.5 Å². The van der Waals surface area contributed by atoms with Gasteiger partial charge in [-0.15, -0.1) is 5.10 Å². The van der Waals surface area contributed by atoms with E-state index in [1.165, 1.54) is 5.56 Å². The summed E-state index contributed by atoms with van der Waals surface area (Å²) in [6, 6.07) is 19.0. The highest BCUT2D eigenvalue weighted by Crippen LogP contribution is 2.26. The number of benzene rings is 2. The molecule has 4 rings (SSSR count). The number of pyridine rings is 1. The molecule has 0 saturated carbocycles. The largest absolute Gasteiger partial charge is 0.457 e. The van der Waals surface area contributed by atoms with Crippen molar-refractivity contribution in [2.45, 2.75) is 6.92 Å². The van der Waals surface area contributed by atoms with E-state index in [0.717, 1.165) is 11.3 Å². The van der Waals surface area contributed by atoms with E-state index in [1.54, 1.807) is 18.3 Å². The maximum Gasteiger partial charge on any atom is 0.246 e. The van der Waals surface area contributed by atoms with Gasteiger partial charge in [-0.1, -0.05) is 23.7 Å². The van der Waals surface area contributed by atoms with E-state index < -0.39 is 0 Å². The number of hydrogen-bond acceptors (Lipinski definition) is 5. The Morgan fingerprint density at radius 3 is 2.63 bits per heavy atom. The van der Waals surface area contributed by atoms with Crippen LogP contribution in [0.3, 0.4) is 0 Å². The van der Waals surface area contributed by atoms with Gasteiger partial charge in [-0.25, -0.2) is 4.98 Å². The van der Waals surface area contributed by atoms with Crippen molar-refractivity contribution in [3.63, 3.8) is 0 Å². The molecule has 0 aliphatic rings. The molecule has 0 atom stereocenters. The number of aromatic nitrogens is 4. The highest BCUT2D eigenvalue weighted by Gasteiger charge is 2.07. The topological polar surface area (TPSA) is 75.7 Å². The Kier molecular flexibility index (Phi) is 4.72. The van der Waals surface area contributed by atoms with E-state index in [0.29, 0.717) is 28.4 Å². The normalized spacial score (nSPS) is 10.6. The van der Waals surface area contributed by atoms with Crippen LogP contribution in [0.1, 0.15) is 5.56 Å². The highest BCUT2D eigenvalue weighted by atomic mass is 35.5. The van der Waals surface area contributed by atoms with Gasteiger partial charge in [0, 0.05) is 23.5 Å². The number of hydrogen-bond donors (Lipinski definition) is 2. The van der Waals surface area contributed by atoms with Gasteiger partial charge in [0.2, 0.25) is 5.95 Å². The van der Waals surface area contributed by atoms with Crippen LogP contribution >= 0.6 is 11.6 Å². The van der Waals surface area contributed by atoms with Gasteiger partial charge in [0.25, 0.3) is 0 Å². The molecule has 2 aromatic carbocycles. The van der Waals surface area contributed by atoms with Gasteiger partial charge in [0.1, 0.15) is 16.7 Å². The number of aryl methyl sites for hydroxylation is 1. The molecule has 4 aromatic rings. The molecular formula is C20H16ClN5O. The van der Waals surface area contributed by atoms with Crippen LogP contribution in [0.25, 0.3) is 11.4 Å². The fourth-order valence-electron chi connectivity index (χ4n) is 2.56. The minimum absolute atomic E-state index is 0.388. The first-order valence-electron chi connectivity index (χ1n) is 8.32. The number of ether oxygens (including phenoxy) is 1. The first-order chi connectivity index (χ1) is 13.2. The highest BCUT2D eigenvalue weighted by molar-refractivity contribution is 6.29. The van der Waals surface area contributed by atoms with Crippen molar-refractivity contribution in [3.05, 3.63) is 77.6 Å². The third-order valence-corrected chi connectivity index (χ3v) is 4.03. The van der Waals surface area contributed by atoms with Crippen molar-refractivity contribution in [3.8, 4) is 22.9 Å². The van der Waals surface area contributed by atoms with Crippen molar-refractivity contribution in [1.29, 1.82) is 0 Å². The van der Waals surface area contributed by atoms with E-state index in [9.17, 15) is 0 Å². The molecule has 2 N–H and O–H groups in total. The number of nitrogens with zero attached hydrogens (tertiary/aromatic N) is 3. The number of H-pyrrole nitrogens is 1. The SMILES string of the molecule is Cc1cccc(Nc2n[nH]c(-c3ccc(Oc4ccnc(Cl)c4)cc3)n2)c1. The van der Waals surface area contributed by atoms with Gasteiger partial charge in [-0.3, -0.25) is 5.10 Å². The molecule has 0 saturated heterocycles. The van der Waals surface area contributed by atoms with E-state index in [-0.39, 0.29) is 0 Å². The van der Waals surface area contributed by atoms with Crippen molar-refractivity contribution in [2.75, 3.05) is 5.32 Å². The summed E-state index contributed by atoms with van der Waals surface area (Å²) < 4.78 is 5.76. The second-order valence-electron chi connectivity index (χ2n) is 5.94. The summed E-state index contributed by atoms with van der Waals surface area (Å²) in [5, 5.41) is 10.7. The van der Waals surface area contributed by atoms with Gasteiger partial charge >= 0.3 is 0 Å². The number of halogens is 1. The number of nitrogens with one attached hydrogen (secondary N) is 2. The van der Waals surface area contributed by atoms with Crippen LogP contribution in [0, 0.1) is 6.92 Å². The number of rotatable bonds is 5. The summed E-state index contributed by atoms with van der Waals surface area (Å²) >= 11 is 5.87. The van der Waals surface area contributed by atoms with E-state index in [2.05, 4.69) is 25.5 Å². The van der Waals surface area contributed by atoms with Crippen LogP contribution in [-0.4, -0.2) is 20.2 Å². The smallest absolute Gasteiger partial charge is 0.246 e. The second-order valence-corrected chi connectivity index (χ2v) is 6.33. The fourth-order valence-corrected chi connectivity index (χ4v) is 2.73. The Balaban J connectivity index is 1.47. The van der Waals surface area contributed by atoms with Gasteiger partial charge in [-0.2, -0.15) is 4.98 Å². The lowest BCUT2D eigenvalue weighted by atomic mass is 10.2. The summed E-state index contributed by atoms with van der Waals surface area (Å²) in [6.45, 7) is 2.04. The minimum Gasteiger partial charge on any atom is -0.457 e. The fraction of sp³-hybridized carbons (Fsp3) is 0.0500. The summed E-state index contributed by atoms with van der Waals surface area (Å²) in [7, 11) is 0. The molecule has 0 unspecified atom stereocenters. The molecule has 0 amide bonds. The predicted molar refractivity (Wildman–Crippen MR) is 106 cm³/mol. The van der Waals surface area contributed by atoms with Crippen LogP contribution in [0.15, 0.2) is 66.9 Å². The first-order valence-corrected chi connectivity index (χ1v) is 8.69. The van der Waals surface area contributed by atoms with Gasteiger partial charge in [0.15, 0.2) is 5.82 Å². The average molecular weight is 378 g/mol. The lowest BCUT2D eigenvalue weighted by molar-refractivity contribution is 0.482. The minimum atomic E-state index is 0.388. The maximum atomic E-state index is 5.87. The van der Waals surface area contributed by atoms with Crippen LogP contribution in [0.5, 0.6) is 11.5 Å². The number of aromatic amines is 1. The van der Waals surface area contributed by atoms with Crippen molar-refractivity contribution in [2.24, 2.45) is 0 Å². The van der Waals surface area contributed by atoms with Gasteiger partial charge in [-0.05, 0) is 55.0 Å². The first kappa shape index (κ1) is 17.1. The van der Waals surface area contributed by atoms with Crippen molar-refractivity contribution >= 4 is 23.2 Å². The zero-order valence-electron chi connectivity index (χ0n) is 14.5. The average Bonchev–Trinajstić information content (AvgIpc) is 3.11. The molecule has 7 heteroatoms. The Labute approximate surface area is 161 Å². The molecule has 6 nitrogen and oxygen atoms in total. The molecule has 134 valence electrons.